The van der Waals surface area contributed by atoms with E-state index in [4.69, 9.17) is 9.84 Å². The van der Waals surface area contributed by atoms with Crippen molar-refractivity contribution in [3.63, 3.8) is 0 Å². The number of aliphatic hydroxyl groups is 1. The summed E-state index contributed by atoms with van der Waals surface area (Å²) in [6.45, 7) is 1.76. The fraction of sp³-hybridized carbons (Fsp3) is 0.421. The number of benzene rings is 1. The van der Waals surface area contributed by atoms with Gasteiger partial charge in [0.25, 0.3) is 0 Å². The molecule has 3 rings (SSSR count). The highest BCUT2D eigenvalue weighted by Crippen LogP contribution is 2.32. The lowest BCUT2D eigenvalue weighted by Crippen LogP contribution is -2.29. The number of aromatic nitrogens is 1. The number of para-hydroxylation sites is 1. The lowest BCUT2D eigenvalue weighted by atomic mass is 9.84. The Morgan fingerprint density at radius 1 is 1.36 bits per heavy atom. The zero-order chi connectivity index (χ0) is 18.0. The summed E-state index contributed by atoms with van der Waals surface area (Å²) in [5, 5.41) is 18.9. The lowest BCUT2D eigenvalue weighted by Gasteiger charge is -2.24. The minimum absolute atomic E-state index is 0.136. The van der Waals surface area contributed by atoms with Crippen LogP contribution in [0.15, 0.2) is 24.3 Å². The number of hydrogen-bond acceptors (Lipinski definition) is 5. The summed E-state index contributed by atoms with van der Waals surface area (Å²) >= 11 is 0. The maximum Gasteiger partial charge on any atom is 0.345 e. The average Bonchev–Trinajstić information content (AvgIpc) is 2.59. The van der Waals surface area contributed by atoms with Crippen LogP contribution in [-0.4, -0.2) is 39.8 Å². The largest absolute Gasteiger partial charge is 0.479 e. The monoisotopic (exact) mass is 343 g/mol. The highest BCUT2D eigenvalue weighted by Gasteiger charge is 2.29. The number of carbonyl (C=O) groups excluding carboxylic acids is 1. The zero-order valence-corrected chi connectivity index (χ0v) is 14.1. The first-order valence-corrected chi connectivity index (χ1v) is 8.46. The molecular weight excluding hydrogens is 322 g/mol. The Morgan fingerprint density at radius 3 is 2.84 bits per heavy atom. The standard InChI is InChI=1S/C19H21NO5/c1-11-6-7-15-13(10-11)17(12-4-2-3-5-14(12)20-15)19(24)25-16(8-9-21)18(22)23/h2-5,11,16,21H,6-10H2,1H3,(H,22,23). The number of carboxylic acids is 1. The van der Waals surface area contributed by atoms with Gasteiger partial charge in [-0.1, -0.05) is 25.1 Å². The molecule has 6 nitrogen and oxygen atoms in total. The number of fused-ring (bicyclic) bond motifs is 2. The van der Waals surface area contributed by atoms with Crippen molar-refractivity contribution >= 4 is 22.8 Å². The SMILES string of the molecule is CC1CCc2nc3ccccc3c(C(=O)OC(CCO)C(=O)O)c2C1. The number of esters is 1. The average molecular weight is 343 g/mol. The second-order valence-corrected chi connectivity index (χ2v) is 6.52. The van der Waals surface area contributed by atoms with Crippen LogP contribution in [-0.2, 0) is 22.4 Å². The smallest absolute Gasteiger partial charge is 0.345 e. The number of aliphatic hydroxyl groups excluding tert-OH is 1. The molecule has 0 amide bonds. The first-order chi connectivity index (χ1) is 12.0. The Labute approximate surface area is 145 Å². The molecule has 132 valence electrons. The van der Waals surface area contributed by atoms with E-state index >= 15 is 0 Å². The van der Waals surface area contributed by atoms with E-state index in [1.54, 1.807) is 6.07 Å². The van der Waals surface area contributed by atoms with Crippen LogP contribution in [0.25, 0.3) is 10.9 Å². The highest BCUT2D eigenvalue weighted by atomic mass is 16.6. The molecule has 0 radical (unpaired) electrons. The van der Waals surface area contributed by atoms with E-state index < -0.39 is 18.0 Å². The number of hydrogen-bond donors (Lipinski definition) is 2. The molecule has 0 aliphatic heterocycles. The maximum atomic E-state index is 12.8. The molecule has 25 heavy (non-hydrogen) atoms. The lowest BCUT2D eigenvalue weighted by molar-refractivity contribution is -0.147. The molecule has 1 aromatic heterocycles. The van der Waals surface area contributed by atoms with E-state index in [9.17, 15) is 14.7 Å². The van der Waals surface area contributed by atoms with E-state index in [0.717, 1.165) is 30.5 Å². The predicted molar refractivity (Wildman–Crippen MR) is 91.5 cm³/mol. The normalized spacial score (nSPS) is 17.8. The summed E-state index contributed by atoms with van der Waals surface area (Å²) in [5.74, 6) is -1.50. The quantitative estimate of drug-likeness (QED) is 0.809. The third-order valence-corrected chi connectivity index (χ3v) is 4.63. The van der Waals surface area contributed by atoms with Gasteiger partial charge in [0.05, 0.1) is 11.1 Å². The van der Waals surface area contributed by atoms with Crippen molar-refractivity contribution in [3.8, 4) is 0 Å². The fourth-order valence-electron chi connectivity index (χ4n) is 3.33. The van der Waals surface area contributed by atoms with Crippen LogP contribution >= 0.6 is 0 Å². The summed E-state index contributed by atoms with van der Waals surface area (Å²) in [4.78, 5) is 28.8. The summed E-state index contributed by atoms with van der Waals surface area (Å²) in [5.41, 5.74) is 2.86. The molecule has 0 spiro atoms. The Balaban J connectivity index is 2.08. The van der Waals surface area contributed by atoms with Crippen molar-refractivity contribution in [3.05, 3.63) is 41.1 Å². The molecule has 1 aromatic carbocycles. The molecule has 0 bridgehead atoms. The van der Waals surface area contributed by atoms with Crippen molar-refractivity contribution in [1.29, 1.82) is 0 Å². The van der Waals surface area contributed by atoms with Crippen LogP contribution in [0.5, 0.6) is 0 Å². The minimum atomic E-state index is -1.36. The van der Waals surface area contributed by atoms with Crippen molar-refractivity contribution < 1.29 is 24.5 Å². The van der Waals surface area contributed by atoms with Crippen LogP contribution in [0.2, 0.25) is 0 Å². The first kappa shape index (κ1) is 17.4. The second kappa shape index (κ2) is 7.19. The number of aryl methyl sites for hydroxylation is 1. The van der Waals surface area contributed by atoms with Crippen LogP contribution in [0.3, 0.4) is 0 Å². The topological polar surface area (TPSA) is 96.7 Å². The molecule has 1 aliphatic rings. The molecule has 1 aliphatic carbocycles. The van der Waals surface area contributed by atoms with E-state index in [0.29, 0.717) is 22.4 Å². The summed E-state index contributed by atoms with van der Waals surface area (Å²) < 4.78 is 5.22. The van der Waals surface area contributed by atoms with E-state index in [-0.39, 0.29) is 13.0 Å². The summed E-state index contributed by atoms with van der Waals surface area (Å²) in [7, 11) is 0. The van der Waals surface area contributed by atoms with E-state index in [1.807, 2.05) is 18.2 Å². The van der Waals surface area contributed by atoms with Crippen molar-refractivity contribution in [2.75, 3.05) is 6.61 Å². The third kappa shape index (κ3) is 3.49. The predicted octanol–water partition coefficient (Wildman–Crippen LogP) is 2.35. The maximum absolute atomic E-state index is 12.8. The van der Waals surface area contributed by atoms with E-state index in [2.05, 4.69) is 11.9 Å². The molecule has 2 atom stereocenters. The second-order valence-electron chi connectivity index (χ2n) is 6.52. The number of carbonyl (C=O) groups is 2. The number of ether oxygens (including phenoxy) is 1. The van der Waals surface area contributed by atoms with Crippen LogP contribution in [0.1, 0.15) is 41.4 Å². The van der Waals surface area contributed by atoms with Gasteiger partial charge < -0.3 is 14.9 Å². The Hall–Kier alpha value is -2.47. The van der Waals surface area contributed by atoms with Gasteiger partial charge in [0.2, 0.25) is 6.10 Å². The molecule has 6 heteroatoms. The first-order valence-electron chi connectivity index (χ1n) is 8.46. The van der Waals surface area contributed by atoms with Crippen molar-refractivity contribution in [2.45, 2.75) is 38.7 Å². The summed E-state index contributed by atoms with van der Waals surface area (Å²) in [6.07, 6.45) is 1.02. The Bertz CT molecular complexity index is 817. The van der Waals surface area contributed by atoms with Crippen molar-refractivity contribution in [1.82, 2.24) is 4.98 Å². The van der Waals surface area contributed by atoms with E-state index in [1.165, 1.54) is 0 Å². The molecule has 2 N–H and O–H groups in total. The van der Waals surface area contributed by atoms with Gasteiger partial charge in [-0.25, -0.2) is 9.59 Å². The fourth-order valence-corrected chi connectivity index (χ4v) is 3.33. The van der Waals surface area contributed by atoms with Gasteiger partial charge in [-0.15, -0.1) is 0 Å². The van der Waals surface area contributed by atoms with Gasteiger partial charge in [-0.2, -0.15) is 0 Å². The van der Waals surface area contributed by atoms with Gasteiger partial charge in [0.1, 0.15) is 0 Å². The number of pyridine rings is 1. The zero-order valence-electron chi connectivity index (χ0n) is 14.1. The van der Waals surface area contributed by atoms with Crippen molar-refractivity contribution in [2.24, 2.45) is 5.92 Å². The van der Waals surface area contributed by atoms with Gasteiger partial charge in [-0.05, 0) is 36.8 Å². The molecule has 2 unspecified atom stereocenters. The summed E-state index contributed by atoms with van der Waals surface area (Å²) in [6, 6.07) is 7.32. The van der Waals surface area contributed by atoms with Crippen LogP contribution in [0.4, 0.5) is 0 Å². The Morgan fingerprint density at radius 2 is 2.12 bits per heavy atom. The molecule has 0 fully saturated rings. The Kier molecular flexibility index (Phi) is 4.99. The highest BCUT2D eigenvalue weighted by molar-refractivity contribution is 6.05. The number of rotatable bonds is 5. The number of aliphatic carboxylic acids is 1. The van der Waals surface area contributed by atoms with Crippen LogP contribution in [0, 0.1) is 5.92 Å². The van der Waals surface area contributed by atoms with Gasteiger partial charge in [0, 0.05) is 24.1 Å². The van der Waals surface area contributed by atoms with Gasteiger partial charge in [-0.3, -0.25) is 4.98 Å². The number of nitrogens with zero attached hydrogens (tertiary/aromatic N) is 1. The third-order valence-electron chi connectivity index (χ3n) is 4.63. The molecular formula is C19H21NO5. The molecule has 2 aromatic rings. The van der Waals surface area contributed by atoms with Gasteiger partial charge >= 0.3 is 11.9 Å². The number of carboxylic acid groups (broad SMARTS) is 1. The van der Waals surface area contributed by atoms with Gasteiger partial charge in [0.15, 0.2) is 0 Å². The molecule has 1 heterocycles. The minimum Gasteiger partial charge on any atom is -0.479 e. The van der Waals surface area contributed by atoms with Crippen LogP contribution < -0.4 is 0 Å². The molecule has 0 saturated carbocycles. The molecule has 0 saturated heterocycles.